The van der Waals surface area contributed by atoms with Crippen molar-refractivity contribution in [1.82, 2.24) is 0 Å². The number of aliphatic imine (C=N–C) groups is 1. The molecule has 3 atom stereocenters. The van der Waals surface area contributed by atoms with E-state index in [1.807, 2.05) is 11.8 Å². The molecular formula is C7H15N3S. The van der Waals surface area contributed by atoms with E-state index in [0.717, 1.165) is 5.75 Å². The van der Waals surface area contributed by atoms with Crippen LogP contribution in [0.4, 0.5) is 0 Å². The van der Waals surface area contributed by atoms with Gasteiger partial charge in [-0.3, -0.25) is 0 Å². The van der Waals surface area contributed by atoms with Gasteiger partial charge in [0, 0.05) is 11.0 Å². The number of thioether (sulfide) groups is 1. The molecule has 4 N–H and O–H groups in total. The Hall–Kier alpha value is -0.380. The van der Waals surface area contributed by atoms with Crippen molar-refractivity contribution in [3.8, 4) is 0 Å². The molecule has 0 aromatic carbocycles. The molecule has 1 aliphatic heterocycles. The lowest BCUT2D eigenvalue weighted by molar-refractivity contribution is 0.513. The second kappa shape index (κ2) is 3.34. The highest BCUT2D eigenvalue weighted by molar-refractivity contribution is 8.00. The standard InChI is InChI=1S/C7H15N3S/c1-4-5(2)11-3-6(4)10-7(8)9/h4-6H,3H2,1-2H3,(H4,8,9,10)/t4-,5+,6+/m1/s1. The summed E-state index contributed by atoms with van der Waals surface area (Å²) in [5.74, 6) is 1.87. The van der Waals surface area contributed by atoms with Gasteiger partial charge in [0.25, 0.3) is 0 Å². The zero-order valence-corrected chi connectivity index (χ0v) is 7.77. The molecule has 1 heterocycles. The van der Waals surface area contributed by atoms with Crippen LogP contribution in [-0.4, -0.2) is 23.0 Å². The van der Waals surface area contributed by atoms with Crippen LogP contribution >= 0.6 is 11.8 Å². The Morgan fingerprint density at radius 2 is 2.09 bits per heavy atom. The quantitative estimate of drug-likeness (QED) is 0.445. The number of guanidine groups is 1. The average molecular weight is 173 g/mol. The number of hydrogen-bond donors (Lipinski definition) is 2. The molecule has 1 fully saturated rings. The second-order valence-corrected chi connectivity index (χ2v) is 4.43. The van der Waals surface area contributed by atoms with Gasteiger partial charge in [0.05, 0.1) is 6.04 Å². The van der Waals surface area contributed by atoms with Crippen molar-refractivity contribution >= 4 is 17.7 Å². The third kappa shape index (κ3) is 2.02. The lowest BCUT2D eigenvalue weighted by atomic mass is 10.0. The van der Waals surface area contributed by atoms with Crippen molar-refractivity contribution in [2.75, 3.05) is 5.75 Å². The fraction of sp³-hybridized carbons (Fsp3) is 0.857. The molecule has 0 amide bonds. The normalized spacial score (nSPS) is 37.1. The summed E-state index contributed by atoms with van der Waals surface area (Å²) < 4.78 is 0. The van der Waals surface area contributed by atoms with Crippen molar-refractivity contribution in [1.29, 1.82) is 0 Å². The second-order valence-electron chi connectivity index (χ2n) is 3.02. The van der Waals surface area contributed by atoms with Crippen LogP contribution in [-0.2, 0) is 0 Å². The summed E-state index contributed by atoms with van der Waals surface area (Å²) >= 11 is 1.94. The Balaban J connectivity index is 2.55. The van der Waals surface area contributed by atoms with Gasteiger partial charge in [0.1, 0.15) is 0 Å². The summed E-state index contributed by atoms with van der Waals surface area (Å²) in [7, 11) is 0. The van der Waals surface area contributed by atoms with E-state index in [2.05, 4.69) is 18.8 Å². The van der Waals surface area contributed by atoms with Crippen LogP contribution < -0.4 is 11.5 Å². The number of rotatable bonds is 1. The van der Waals surface area contributed by atoms with Gasteiger partial charge in [-0.15, -0.1) is 0 Å². The van der Waals surface area contributed by atoms with Crippen LogP contribution in [0.15, 0.2) is 4.99 Å². The van der Waals surface area contributed by atoms with Crippen LogP contribution in [0.25, 0.3) is 0 Å². The summed E-state index contributed by atoms with van der Waals surface area (Å²) in [5, 5.41) is 0.683. The summed E-state index contributed by atoms with van der Waals surface area (Å²) in [4.78, 5) is 4.16. The molecule has 11 heavy (non-hydrogen) atoms. The van der Waals surface area contributed by atoms with Crippen LogP contribution in [0, 0.1) is 5.92 Å². The fourth-order valence-electron chi connectivity index (χ4n) is 1.21. The lowest BCUT2D eigenvalue weighted by Gasteiger charge is -2.12. The number of hydrogen-bond acceptors (Lipinski definition) is 2. The molecule has 0 spiro atoms. The zero-order chi connectivity index (χ0) is 8.43. The van der Waals surface area contributed by atoms with Crippen LogP contribution in [0.2, 0.25) is 0 Å². The highest BCUT2D eigenvalue weighted by Crippen LogP contribution is 2.33. The monoisotopic (exact) mass is 173 g/mol. The Kier molecular flexibility index (Phi) is 2.65. The zero-order valence-electron chi connectivity index (χ0n) is 6.95. The van der Waals surface area contributed by atoms with E-state index in [1.165, 1.54) is 0 Å². The van der Waals surface area contributed by atoms with Crippen molar-refractivity contribution in [2.24, 2.45) is 22.4 Å². The topological polar surface area (TPSA) is 64.4 Å². The highest BCUT2D eigenvalue weighted by Gasteiger charge is 2.29. The minimum Gasteiger partial charge on any atom is -0.370 e. The molecule has 1 rings (SSSR count). The third-order valence-electron chi connectivity index (χ3n) is 2.19. The molecule has 0 aromatic heterocycles. The number of nitrogens with zero attached hydrogens (tertiary/aromatic N) is 1. The largest absolute Gasteiger partial charge is 0.370 e. The first-order chi connectivity index (χ1) is 5.11. The summed E-state index contributed by atoms with van der Waals surface area (Å²) in [6.45, 7) is 4.42. The fourth-order valence-corrected chi connectivity index (χ4v) is 2.58. The van der Waals surface area contributed by atoms with Crippen molar-refractivity contribution in [2.45, 2.75) is 25.1 Å². The molecule has 0 aromatic rings. The first kappa shape index (κ1) is 8.71. The molecule has 0 bridgehead atoms. The molecule has 0 radical (unpaired) electrons. The van der Waals surface area contributed by atoms with Crippen molar-refractivity contribution in [3.05, 3.63) is 0 Å². The predicted octanol–water partition coefficient (Wildman–Crippen LogP) is 0.400. The van der Waals surface area contributed by atoms with Crippen LogP contribution in [0.3, 0.4) is 0 Å². The van der Waals surface area contributed by atoms with E-state index >= 15 is 0 Å². The summed E-state index contributed by atoms with van der Waals surface area (Å²) in [6, 6.07) is 0.333. The molecule has 0 aliphatic carbocycles. The Morgan fingerprint density at radius 3 is 2.45 bits per heavy atom. The maximum absolute atomic E-state index is 5.30. The summed E-state index contributed by atoms with van der Waals surface area (Å²) in [6.07, 6.45) is 0. The average Bonchev–Trinajstić information content (AvgIpc) is 2.18. The van der Waals surface area contributed by atoms with Gasteiger partial charge < -0.3 is 11.5 Å². The first-order valence-corrected chi connectivity index (χ1v) is 4.86. The maximum Gasteiger partial charge on any atom is 0.186 e. The van der Waals surface area contributed by atoms with Gasteiger partial charge in [-0.25, -0.2) is 4.99 Å². The van der Waals surface area contributed by atoms with Gasteiger partial charge in [0.2, 0.25) is 0 Å². The molecule has 1 saturated heterocycles. The Bertz CT molecular complexity index is 165. The SMILES string of the molecule is C[C@H]1[C@@H](N=C(N)N)CS[C@H]1C. The third-order valence-corrected chi connectivity index (χ3v) is 3.68. The van der Waals surface area contributed by atoms with Crippen LogP contribution in [0.1, 0.15) is 13.8 Å². The van der Waals surface area contributed by atoms with Crippen molar-refractivity contribution < 1.29 is 0 Å². The molecule has 64 valence electrons. The molecule has 4 heteroatoms. The van der Waals surface area contributed by atoms with Gasteiger partial charge in [-0.2, -0.15) is 11.8 Å². The van der Waals surface area contributed by atoms with E-state index in [0.29, 0.717) is 17.2 Å². The minimum atomic E-state index is 0.219. The smallest absolute Gasteiger partial charge is 0.186 e. The van der Waals surface area contributed by atoms with E-state index < -0.39 is 0 Å². The minimum absolute atomic E-state index is 0.219. The Morgan fingerprint density at radius 1 is 1.45 bits per heavy atom. The van der Waals surface area contributed by atoms with Gasteiger partial charge >= 0.3 is 0 Å². The predicted molar refractivity (Wildman–Crippen MR) is 50.7 cm³/mol. The van der Waals surface area contributed by atoms with Crippen molar-refractivity contribution in [3.63, 3.8) is 0 Å². The molecule has 3 nitrogen and oxygen atoms in total. The number of nitrogens with two attached hydrogens (primary N) is 2. The Labute approximate surface area is 71.6 Å². The maximum atomic E-state index is 5.30. The molecule has 1 aliphatic rings. The van der Waals surface area contributed by atoms with E-state index in [1.54, 1.807) is 0 Å². The van der Waals surface area contributed by atoms with E-state index in [9.17, 15) is 0 Å². The van der Waals surface area contributed by atoms with Gasteiger partial charge in [-0.05, 0) is 5.92 Å². The van der Waals surface area contributed by atoms with Gasteiger partial charge in [-0.1, -0.05) is 13.8 Å². The summed E-state index contributed by atoms with van der Waals surface area (Å²) in [5.41, 5.74) is 10.6. The van der Waals surface area contributed by atoms with E-state index in [-0.39, 0.29) is 5.96 Å². The molecule has 0 unspecified atom stereocenters. The molecule has 0 saturated carbocycles. The first-order valence-electron chi connectivity index (χ1n) is 3.81. The lowest BCUT2D eigenvalue weighted by Crippen LogP contribution is -2.28. The van der Waals surface area contributed by atoms with Crippen LogP contribution in [0.5, 0.6) is 0 Å². The molecular weight excluding hydrogens is 158 g/mol. The van der Waals surface area contributed by atoms with Gasteiger partial charge in [0.15, 0.2) is 5.96 Å². The van der Waals surface area contributed by atoms with E-state index in [4.69, 9.17) is 11.5 Å². The highest BCUT2D eigenvalue weighted by atomic mass is 32.2.